The SMILES string of the molecule is Brc1cc[c-]c(-c2ccccn2)c1.Cc1cccc(-c2[c-]cccc2)n1.Cc1cccc(-c2[c-]cccc2)n1.[Ir+3]. The van der Waals surface area contributed by atoms with Crippen molar-refractivity contribution in [2.24, 2.45) is 0 Å². The molecule has 0 radical (unpaired) electrons. The molecule has 0 bridgehead atoms. The number of aryl methyl sites for hydroxylation is 2. The summed E-state index contributed by atoms with van der Waals surface area (Å²) in [6.07, 6.45) is 1.78. The summed E-state index contributed by atoms with van der Waals surface area (Å²) in [7, 11) is 0. The monoisotopic (exact) mass is 761 g/mol. The predicted molar refractivity (Wildman–Crippen MR) is 163 cm³/mol. The topological polar surface area (TPSA) is 38.7 Å². The maximum Gasteiger partial charge on any atom is 3.00 e. The first kappa shape index (κ1) is 30.8. The van der Waals surface area contributed by atoms with Crippen LogP contribution in [0.1, 0.15) is 11.4 Å². The van der Waals surface area contributed by atoms with E-state index in [4.69, 9.17) is 0 Å². The molecule has 0 N–H and O–H groups in total. The first-order valence-corrected chi connectivity index (χ1v) is 13.3. The molecule has 0 saturated carbocycles. The van der Waals surface area contributed by atoms with E-state index >= 15 is 0 Å². The Balaban J connectivity index is 0.000000163. The first-order chi connectivity index (χ1) is 19.1. The van der Waals surface area contributed by atoms with Gasteiger partial charge >= 0.3 is 20.1 Å². The maximum atomic E-state index is 4.41. The van der Waals surface area contributed by atoms with E-state index in [0.29, 0.717) is 0 Å². The molecule has 0 saturated heterocycles. The molecule has 6 rings (SSSR count). The van der Waals surface area contributed by atoms with Crippen LogP contribution >= 0.6 is 15.9 Å². The quantitative estimate of drug-likeness (QED) is 0.169. The normalized spacial score (nSPS) is 9.68. The van der Waals surface area contributed by atoms with Crippen LogP contribution in [0.2, 0.25) is 0 Å². The average Bonchev–Trinajstić information content (AvgIpc) is 2.99. The molecular formula is C35H27BrIrN3. The Morgan fingerprint density at radius 2 is 1.05 bits per heavy atom. The first-order valence-electron chi connectivity index (χ1n) is 12.5. The zero-order chi connectivity index (χ0) is 27.3. The van der Waals surface area contributed by atoms with Gasteiger partial charge in [0, 0.05) is 17.6 Å². The van der Waals surface area contributed by atoms with Gasteiger partial charge in [0.1, 0.15) is 0 Å². The summed E-state index contributed by atoms with van der Waals surface area (Å²) in [5.74, 6) is 0. The van der Waals surface area contributed by atoms with Gasteiger partial charge in [0.25, 0.3) is 0 Å². The fourth-order valence-corrected chi connectivity index (χ4v) is 3.96. The van der Waals surface area contributed by atoms with Crippen molar-refractivity contribution in [1.82, 2.24) is 15.0 Å². The Labute approximate surface area is 258 Å². The molecule has 0 aliphatic rings. The Kier molecular flexibility index (Phi) is 12.6. The standard InChI is InChI=1S/2C12H10N.C11H7BrN.Ir/c2*1-10-6-5-9-12(13-10)11-7-3-2-4-8-11;12-10-5-3-4-9(8-10)11-6-1-2-7-13-11;/h2*2-7,9H,1H3;1-3,5-8H;/q3*-1;+3. The fourth-order valence-electron chi connectivity index (χ4n) is 3.60. The van der Waals surface area contributed by atoms with Crippen molar-refractivity contribution in [2.45, 2.75) is 13.8 Å². The van der Waals surface area contributed by atoms with Gasteiger partial charge in [-0.1, -0.05) is 56.8 Å². The van der Waals surface area contributed by atoms with Crippen LogP contribution in [0.25, 0.3) is 33.8 Å². The molecule has 3 aromatic heterocycles. The molecule has 3 nitrogen and oxygen atoms in total. The molecule has 0 aliphatic carbocycles. The van der Waals surface area contributed by atoms with Crippen molar-refractivity contribution in [3.63, 3.8) is 0 Å². The Hall–Kier alpha value is -3.76. The van der Waals surface area contributed by atoms with Gasteiger partial charge in [-0.2, -0.15) is 0 Å². The summed E-state index contributed by atoms with van der Waals surface area (Å²) in [6, 6.07) is 48.9. The smallest absolute Gasteiger partial charge is 0.305 e. The third-order valence-corrected chi connectivity index (χ3v) is 5.94. The van der Waals surface area contributed by atoms with E-state index in [1.54, 1.807) is 6.20 Å². The van der Waals surface area contributed by atoms with Crippen LogP contribution in [-0.2, 0) is 20.1 Å². The predicted octanol–water partition coefficient (Wildman–Crippen LogP) is 9.02. The Morgan fingerprint density at radius 3 is 1.50 bits per heavy atom. The van der Waals surface area contributed by atoms with E-state index in [0.717, 1.165) is 49.6 Å². The number of halogens is 1. The molecule has 0 atom stereocenters. The van der Waals surface area contributed by atoms with Crippen LogP contribution in [0.3, 0.4) is 0 Å². The van der Waals surface area contributed by atoms with Crippen LogP contribution < -0.4 is 0 Å². The zero-order valence-electron chi connectivity index (χ0n) is 22.2. The second-order valence-corrected chi connectivity index (χ2v) is 9.43. The largest absolute Gasteiger partial charge is 3.00 e. The fraction of sp³-hybridized carbons (Fsp3) is 0.0571. The molecule has 0 amide bonds. The number of aromatic nitrogens is 3. The van der Waals surface area contributed by atoms with Crippen LogP contribution in [-0.4, -0.2) is 15.0 Å². The number of hydrogen-bond acceptors (Lipinski definition) is 3. The third kappa shape index (κ3) is 9.77. The molecular weight excluding hydrogens is 735 g/mol. The van der Waals surface area contributed by atoms with Crippen molar-refractivity contribution in [3.05, 3.63) is 162 Å². The van der Waals surface area contributed by atoms with E-state index in [2.05, 4.69) is 49.1 Å². The molecule has 6 aromatic rings. The number of pyridine rings is 3. The molecule has 5 heteroatoms. The summed E-state index contributed by atoms with van der Waals surface area (Å²) < 4.78 is 1.05. The van der Waals surface area contributed by atoms with E-state index < -0.39 is 0 Å². The second-order valence-electron chi connectivity index (χ2n) is 8.52. The molecule has 3 heterocycles. The molecule has 0 fully saturated rings. The van der Waals surface area contributed by atoms with E-state index in [1.165, 1.54) is 0 Å². The summed E-state index contributed by atoms with van der Waals surface area (Å²) in [4.78, 5) is 13.1. The van der Waals surface area contributed by atoms with Crippen molar-refractivity contribution in [1.29, 1.82) is 0 Å². The van der Waals surface area contributed by atoms with Gasteiger partial charge in [-0.15, -0.1) is 102 Å². The summed E-state index contributed by atoms with van der Waals surface area (Å²) in [6.45, 7) is 3.98. The minimum Gasteiger partial charge on any atom is -0.305 e. The zero-order valence-corrected chi connectivity index (χ0v) is 26.2. The van der Waals surface area contributed by atoms with Gasteiger partial charge in [0.05, 0.1) is 0 Å². The van der Waals surface area contributed by atoms with Crippen molar-refractivity contribution < 1.29 is 20.1 Å². The summed E-state index contributed by atoms with van der Waals surface area (Å²) in [5.41, 5.74) is 8.10. The van der Waals surface area contributed by atoms with Gasteiger partial charge < -0.3 is 15.0 Å². The Morgan fingerprint density at radius 1 is 0.525 bits per heavy atom. The third-order valence-electron chi connectivity index (χ3n) is 5.45. The molecule has 3 aromatic carbocycles. The van der Waals surface area contributed by atoms with E-state index in [-0.39, 0.29) is 20.1 Å². The van der Waals surface area contributed by atoms with Crippen molar-refractivity contribution in [3.8, 4) is 33.8 Å². The maximum absolute atomic E-state index is 4.41. The summed E-state index contributed by atoms with van der Waals surface area (Å²) in [5, 5.41) is 0. The Bertz CT molecular complexity index is 1380. The van der Waals surface area contributed by atoms with Gasteiger partial charge in [-0.05, 0) is 49.1 Å². The number of nitrogens with zero attached hydrogens (tertiary/aromatic N) is 3. The van der Waals surface area contributed by atoms with Crippen molar-refractivity contribution in [2.75, 3.05) is 0 Å². The van der Waals surface area contributed by atoms with E-state index in [1.807, 2.05) is 135 Å². The second kappa shape index (κ2) is 16.4. The minimum absolute atomic E-state index is 0. The molecule has 40 heavy (non-hydrogen) atoms. The van der Waals surface area contributed by atoms with Crippen LogP contribution in [0.15, 0.2) is 132 Å². The van der Waals surface area contributed by atoms with Gasteiger partial charge in [-0.25, -0.2) is 0 Å². The molecule has 0 spiro atoms. The van der Waals surface area contributed by atoms with Crippen LogP contribution in [0, 0.1) is 32.0 Å². The van der Waals surface area contributed by atoms with Crippen LogP contribution in [0.5, 0.6) is 0 Å². The number of benzene rings is 3. The summed E-state index contributed by atoms with van der Waals surface area (Å²) >= 11 is 3.41. The minimum atomic E-state index is 0. The molecule has 0 aliphatic heterocycles. The van der Waals surface area contributed by atoms with Gasteiger partial charge in [0.2, 0.25) is 0 Å². The number of rotatable bonds is 3. The molecule has 0 unspecified atom stereocenters. The van der Waals surface area contributed by atoms with E-state index in [9.17, 15) is 0 Å². The average molecular weight is 762 g/mol. The molecule has 198 valence electrons. The number of hydrogen-bond donors (Lipinski definition) is 0. The van der Waals surface area contributed by atoms with Crippen molar-refractivity contribution >= 4 is 15.9 Å². The van der Waals surface area contributed by atoms with Crippen LogP contribution in [0.4, 0.5) is 0 Å². The van der Waals surface area contributed by atoms with Gasteiger partial charge in [-0.3, -0.25) is 0 Å². The van der Waals surface area contributed by atoms with Gasteiger partial charge in [0.15, 0.2) is 0 Å².